The number of aromatic hydroxyl groups is 1. The van der Waals surface area contributed by atoms with Crippen LogP contribution in [-0.4, -0.2) is 59.7 Å². The van der Waals surface area contributed by atoms with Gasteiger partial charge >= 0.3 is 0 Å². The zero-order chi connectivity index (χ0) is 31.7. The van der Waals surface area contributed by atoms with Gasteiger partial charge in [-0.15, -0.1) is 0 Å². The highest BCUT2D eigenvalue weighted by atomic mass is 19.1. The second-order valence-corrected chi connectivity index (χ2v) is 13.0. The number of halogens is 1. The summed E-state index contributed by atoms with van der Waals surface area (Å²) in [7, 11) is 0. The number of nitrogens with zero attached hydrogens (tertiary/aromatic N) is 5. The molecule has 0 spiro atoms. The van der Waals surface area contributed by atoms with Crippen molar-refractivity contribution in [3.63, 3.8) is 0 Å². The van der Waals surface area contributed by atoms with Crippen LogP contribution in [0.5, 0.6) is 11.6 Å². The normalized spacial score (nSPS) is 22.0. The molecule has 1 aliphatic carbocycles. The summed E-state index contributed by atoms with van der Waals surface area (Å²) in [5.41, 5.74) is 4.23. The van der Waals surface area contributed by atoms with Crippen molar-refractivity contribution < 1.29 is 19.0 Å². The van der Waals surface area contributed by atoms with Crippen molar-refractivity contribution in [1.29, 1.82) is 5.26 Å². The van der Waals surface area contributed by atoms with Crippen molar-refractivity contribution in [2.24, 2.45) is 11.8 Å². The number of rotatable bonds is 6. The zero-order valence-electron chi connectivity index (χ0n) is 26.3. The van der Waals surface area contributed by atoms with E-state index in [9.17, 15) is 19.6 Å². The Bertz CT molecular complexity index is 1650. The highest BCUT2D eigenvalue weighted by molar-refractivity contribution is 5.95. The first-order valence-electron chi connectivity index (χ1n) is 16.2. The number of carbonyl (C=O) groups is 1. The standard InChI is InChI=1S/C36H42FN5O3/c1-23-6-4-7-26(11-10-23)22-45-35-31(19-38)34(41-16-17-42(24(2)20-41)36(44)25(3)37)30-14-15-40(21-32(30)39-35)33-9-5-8-27-18-28(43)12-13-29(27)33/h5,8-9,12-13,18,23-24,26,43H,3-4,6-7,10-11,14-17,20-22H2,1-2H3/t23?,24-,26?/m1/s1. The third kappa shape index (κ3) is 6.28. The Hall–Kier alpha value is -4.32. The van der Waals surface area contributed by atoms with E-state index in [-0.39, 0.29) is 11.8 Å². The molecular weight excluding hydrogens is 569 g/mol. The van der Waals surface area contributed by atoms with E-state index < -0.39 is 11.7 Å². The van der Waals surface area contributed by atoms with Crippen LogP contribution in [0.15, 0.2) is 48.8 Å². The van der Waals surface area contributed by atoms with E-state index >= 15 is 0 Å². The molecule has 45 heavy (non-hydrogen) atoms. The van der Waals surface area contributed by atoms with Crippen molar-refractivity contribution in [1.82, 2.24) is 9.88 Å². The molecule has 2 fully saturated rings. The average molecular weight is 612 g/mol. The van der Waals surface area contributed by atoms with E-state index in [0.717, 1.165) is 58.7 Å². The average Bonchev–Trinajstić information content (AvgIpc) is 3.25. The maximum Gasteiger partial charge on any atom is 0.282 e. The molecule has 3 atom stereocenters. The Labute approximate surface area is 264 Å². The predicted molar refractivity (Wildman–Crippen MR) is 174 cm³/mol. The molecule has 1 N–H and O–H groups in total. The molecule has 3 aliphatic rings. The molecule has 0 radical (unpaired) electrons. The second kappa shape index (κ2) is 13.0. The summed E-state index contributed by atoms with van der Waals surface area (Å²) in [6.07, 6.45) is 6.52. The fourth-order valence-electron chi connectivity index (χ4n) is 7.37. The minimum absolute atomic E-state index is 0.232. The lowest BCUT2D eigenvalue weighted by molar-refractivity contribution is -0.131. The van der Waals surface area contributed by atoms with Crippen molar-refractivity contribution in [3.05, 3.63) is 65.6 Å². The molecule has 8 nitrogen and oxygen atoms in total. The van der Waals surface area contributed by atoms with Crippen LogP contribution in [0.3, 0.4) is 0 Å². The summed E-state index contributed by atoms with van der Waals surface area (Å²) in [5.74, 6) is 0.119. The Kier molecular flexibility index (Phi) is 8.84. The third-order valence-electron chi connectivity index (χ3n) is 9.86. The maximum atomic E-state index is 13.8. The van der Waals surface area contributed by atoms with Crippen LogP contribution in [0, 0.1) is 23.2 Å². The van der Waals surface area contributed by atoms with Gasteiger partial charge in [-0.05, 0) is 67.7 Å². The molecule has 6 rings (SSSR count). The van der Waals surface area contributed by atoms with Gasteiger partial charge in [-0.1, -0.05) is 44.9 Å². The van der Waals surface area contributed by atoms with Gasteiger partial charge in [0.15, 0.2) is 5.83 Å². The van der Waals surface area contributed by atoms with E-state index in [1.165, 1.54) is 24.2 Å². The van der Waals surface area contributed by atoms with Crippen LogP contribution in [0.2, 0.25) is 0 Å². The molecule has 2 unspecified atom stereocenters. The molecule has 236 valence electrons. The SMILES string of the molecule is C=C(F)C(=O)N1CCN(c2c(C#N)c(OCC3CCCC(C)CC3)nc3c2CCN(c2cccc4cc(O)ccc24)C3)C[C@H]1C. The van der Waals surface area contributed by atoms with E-state index in [1.54, 1.807) is 12.1 Å². The molecule has 0 bridgehead atoms. The van der Waals surface area contributed by atoms with Gasteiger partial charge in [0.25, 0.3) is 5.91 Å². The summed E-state index contributed by atoms with van der Waals surface area (Å²) < 4.78 is 20.2. The minimum Gasteiger partial charge on any atom is -0.508 e. The molecule has 2 aliphatic heterocycles. The highest BCUT2D eigenvalue weighted by Crippen LogP contribution is 2.40. The number of nitriles is 1. The van der Waals surface area contributed by atoms with Gasteiger partial charge in [-0.3, -0.25) is 4.79 Å². The summed E-state index contributed by atoms with van der Waals surface area (Å²) in [6, 6.07) is 13.7. The number of phenols is 1. The number of anilines is 2. The van der Waals surface area contributed by atoms with Gasteiger partial charge in [-0.25, -0.2) is 9.37 Å². The molecule has 2 aromatic carbocycles. The van der Waals surface area contributed by atoms with E-state index in [4.69, 9.17) is 9.72 Å². The first-order valence-corrected chi connectivity index (χ1v) is 16.2. The minimum atomic E-state index is -0.957. The molecule has 1 amide bonds. The van der Waals surface area contributed by atoms with Gasteiger partial charge in [0.05, 0.1) is 24.5 Å². The number of benzene rings is 2. The molecule has 3 aromatic rings. The lowest BCUT2D eigenvalue weighted by atomic mass is 9.96. The van der Waals surface area contributed by atoms with Crippen molar-refractivity contribution >= 4 is 28.1 Å². The number of amides is 1. The van der Waals surface area contributed by atoms with Gasteiger partial charge < -0.3 is 24.5 Å². The Morgan fingerprint density at radius 2 is 1.98 bits per heavy atom. The number of fused-ring (bicyclic) bond motifs is 2. The van der Waals surface area contributed by atoms with Gasteiger partial charge in [-0.2, -0.15) is 5.26 Å². The molecule has 9 heteroatoms. The largest absolute Gasteiger partial charge is 0.508 e. The summed E-state index contributed by atoms with van der Waals surface area (Å²) in [4.78, 5) is 23.5. The molecular formula is C36H42FN5O3. The Morgan fingerprint density at radius 1 is 1.13 bits per heavy atom. The topological polar surface area (TPSA) is 92.9 Å². The molecule has 3 heterocycles. The monoisotopic (exact) mass is 611 g/mol. The predicted octanol–water partition coefficient (Wildman–Crippen LogP) is 6.49. The Balaban J connectivity index is 1.36. The first kappa shape index (κ1) is 30.7. The van der Waals surface area contributed by atoms with Crippen molar-refractivity contribution in [2.75, 3.05) is 42.6 Å². The second-order valence-electron chi connectivity index (χ2n) is 13.0. The highest BCUT2D eigenvalue weighted by Gasteiger charge is 2.34. The van der Waals surface area contributed by atoms with Crippen LogP contribution >= 0.6 is 0 Å². The van der Waals surface area contributed by atoms with Crippen LogP contribution in [0.1, 0.15) is 62.8 Å². The van der Waals surface area contributed by atoms with Gasteiger partial charge in [0.1, 0.15) is 17.4 Å². The third-order valence-corrected chi connectivity index (χ3v) is 9.86. The summed E-state index contributed by atoms with van der Waals surface area (Å²) in [6.45, 7) is 10.5. The summed E-state index contributed by atoms with van der Waals surface area (Å²) in [5, 5.41) is 22.6. The van der Waals surface area contributed by atoms with E-state index in [1.807, 2.05) is 25.1 Å². The quantitative estimate of drug-likeness (QED) is 0.252. The molecule has 1 aromatic heterocycles. The number of hydrogen-bond donors (Lipinski definition) is 1. The van der Waals surface area contributed by atoms with E-state index in [0.29, 0.717) is 56.6 Å². The number of piperazine rings is 1. The zero-order valence-corrected chi connectivity index (χ0v) is 26.3. The number of pyridine rings is 1. The summed E-state index contributed by atoms with van der Waals surface area (Å²) >= 11 is 0. The smallest absolute Gasteiger partial charge is 0.282 e. The fraction of sp³-hybridized carbons (Fsp3) is 0.472. The van der Waals surface area contributed by atoms with Crippen LogP contribution < -0.4 is 14.5 Å². The number of hydrogen-bond acceptors (Lipinski definition) is 7. The first-order chi connectivity index (χ1) is 21.7. The van der Waals surface area contributed by atoms with Gasteiger partial charge in [0.2, 0.25) is 5.88 Å². The fourth-order valence-corrected chi connectivity index (χ4v) is 7.37. The van der Waals surface area contributed by atoms with Crippen molar-refractivity contribution in [2.45, 2.75) is 65.0 Å². The lowest BCUT2D eigenvalue weighted by Gasteiger charge is -2.42. The van der Waals surface area contributed by atoms with Crippen LogP contribution in [0.4, 0.5) is 15.8 Å². The molecule has 1 saturated heterocycles. The van der Waals surface area contributed by atoms with Gasteiger partial charge in [0, 0.05) is 48.9 Å². The number of carbonyl (C=O) groups excluding carboxylic acids is 1. The number of aromatic nitrogens is 1. The van der Waals surface area contributed by atoms with Crippen molar-refractivity contribution in [3.8, 4) is 17.7 Å². The molecule has 1 saturated carbocycles. The van der Waals surface area contributed by atoms with Crippen LogP contribution in [-0.2, 0) is 17.8 Å². The van der Waals surface area contributed by atoms with E-state index in [2.05, 4.69) is 35.4 Å². The Morgan fingerprint density at radius 3 is 2.76 bits per heavy atom. The van der Waals surface area contributed by atoms with Crippen LogP contribution in [0.25, 0.3) is 10.8 Å². The number of phenolic OH excluding ortho intramolecular Hbond substituents is 1. The number of ether oxygens (including phenoxy) is 1. The lowest BCUT2D eigenvalue weighted by Crippen LogP contribution is -2.54. The maximum absolute atomic E-state index is 13.8.